The summed E-state index contributed by atoms with van der Waals surface area (Å²) in [5.74, 6) is -0.0421. The molecule has 7 heteroatoms. The molecule has 0 saturated carbocycles. The minimum atomic E-state index is -3.49. The Labute approximate surface area is 196 Å². The summed E-state index contributed by atoms with van der Waals surface area (Å²) in [7, 11) is -3.49. The van der Waals surface area contributed by atoms with Crippen LogP contribution in [0, 0.1) is 0 Å². The van der Waals surface area contributed by atoms with Gasteiger partial charge in [0.1, 0.15) is 6.04 Å². The molecule has 1 unspecified atom stereocenters. The first-order chi connectivity index (χ1) is 15.9. The minimum absolute atomic E-state index is 0.0421. The third kappa shape index (κ3) is 4.99. The van der Waals surface area contributed by atoms with Gasteiger partial charge in [-0.25, -0.2) is 8.42 Å². The average molecular weight is 468 g/mol. The SMILES string of the molecule is CCc1ccc(CNC(=O)C(CC)n2ccc3cc(S(=O)(=O)N4CCCCC4)ccc32)cc1. The molecule has 1 saturated heterocycles. The summed E-state index contributed by atoms with van der Waals surface area (Å²) >= 11 is 0. The van der Waals surface area contributed by atoms with E-state index in [9.17, 15) is 13.2 Å². The van der Waals surface area contributed by atoms with Crippen molar-refractivity contribution in [1.82, 2.24) is 14.2 Å². The molecule has 1 amide bonds. The van der Waals surface area contributed by atoms with Crippen LogP contribution in [0.5, 0.6) is 0 Å². The van der Waals surface area contributed by atoms with E-state index < -0.39 is 10.0 Å². The van der Waals surface area contributed by atoms with E-state index in [-0.39, 0.29) is 11.9 Å². The summed E-state index contributed by atoms with van der Waals surface area (Å²) in [6.07, 6.45) is 6.41. The van der Waals surface area contributed by atoms with Gasteiger partial charge in [0.15, 0.2) is 0 Å². The second kappa shape index (κ2) is 10.1. The first-order valence-electron chi connectivity index (χ1n) is 11.9. The molecule has 1 N–H and O–H groups in total. The van der Waals surface area contributed by atoms with Crippen molar-refractivity contribution in [3.05, 3.63) is 65.9 Å². The predicted molar refractivity (Wildman–Crippen MR) is 132 cm³/mol. The Bertz CT molecular complexity index is 1210. The number of carbonyl (C=O) groups is 1. The van der Waals surface area contributed by atoms with E-state index in [1.807, 2.05) is 29.8 Å². The molecule has 0 bridgehead atoms. The van der Waals surface area contributed by atoms with Crippen LogP contribution in [0.25, 0.3) is 10.9 Å². The number of hydrogen-bond acceptors (Lipinski definition) is 3. The zero-order chi connectivity index (χ0) is 23.4. The van der Waals surface area contributed by atoms with Gasteiger partial charge in [0.05, 0.1) is 4.90 Å². The number of nitrogens with zero attached hydrogens (tertiary/aromatic N) is 2. The van der Waals surface area contributed by atoms with E-state index in [1.54, 1.807) is 16.4 Å². The number of piperidine rings is 1. The highest BCUT2D eigenvalue weighted by Crippen LogP contribution is 2.27. The van der Waals surface area contributed by atoms with Crippen LogP contribution in [0.2, 0.25) is 0 Å². The molecular formula is C26H33N3O3S. The number of aromatic nitrogens is 1. The van der Waals surface area contributed by atoms with Gasteiger partial charge in [0, 0.05) is 36.7 Å². The van der Waals surface area contributed by atoms with Crippen molar-refractivity contribution in [2.75, 3.05) is 13.1 Å². The second-order valence-corrected chi connectivity index (χ2v) is 10.7. The molecule has 2 heterocycles. The third-order valence-electron chi connectivity index (χ3n) is 6.57. The van der Waals surface area contributed by atoms with Crippen LogP contribution < -0.4 is 5.32 Å². The van der Waals surface area contributed by atoms with Crippen LogP contribution in [0.4, 0.5) is 0 Å². The summed E-state index contributed by atoms with van der Waals surface area (Å²) < 4.78 is 29.6. The molecule has 6 nitrogen and oxygen atoms in total. The topological polar surface area (TPSA) is 71.4 Å². The summed E-state index contributed by atoms with van der Waals surface area (Å²) in [4.78, 5) is 13.3. The molecule has 3 aromatic rings. The smallest absolute Gasteiger partial charge is 0.243 e. The van der Waals surface area contributed by atoms with Gasteiger partial charge in [-0.05, 0) is 61.1 Å². The Morgan fingerprint density at radius 3 is 2.33 bits per heavy atom. The molecule has 176 valence electrons. The zero-order valence-electron chi connectivity index (χ0n) is 19.5. The molecule has 0 spiro atoms. The van der Waals surface area contributed by atoms with Gasteiger partial charge in [-0.2, -0.15) is 4.31 Å². The third-order valence-corrected chi connectivity index (χ3v) is 8.46. The highest BCUT2D eigenvalue weighted by Gasteiger charge is 2.27. The molecule has 1 aliphatic rings. The summed E-state index contributed by atoms with van der Waals surface area (Å²) in [5, 5.41) is 3.88. The minimum Gasteiger partial charge on any atom is -0.350 e. The number of aryl methyl sites for hydroxylation is 1. The first kappa shape index (κ1) is 23.5. The van der Waals surface area contributed by atoms with Crippen molar-refractivity contribution in [1.29, 1.82) is 0 Å². The standard InChI is InChI=1S/C26H33N3O3S/c1-3-20-8-10-21(11-9-20)19-27-26(30)24(4-2)29-17-14-22-18-23(12-13-25(22)29)33(31,32)28-15-6-5-7-16-28/h8-14,17-18,24H,3-7,15-16,19H2,1-2H3,(H,27,30). The van der Waals surface area contributed by atoms with Crippen molar-refractivity contribution < 1.29 is 13.2 Å². The van der Waals surface area contributed by atoms with Crippen molar-refractivity contribution >= 4 is 26.8 Å². The summed E-state index contributed by atoms with van der Waals surface area (Å²) in [6.45, 7) is 5.76. The predicted octanol–water partition coefficient (Wildman–Crippen LogP) is 4.65. The molecule has 0 aliphatic carbocycles. The number of fused-ring (bicyclic) bond motifs is 1. The van der Waals surface area contributed by atoms with Gasteiger partial charge >= 0.3 is 0 Å². The second-order valence-electron chi connectivity index (χ2n) is 8.72. The lowest BCUT2D eigenvalue weighted by Gasteiger charge is -2.26. The molecular weight excluding hydrogens is 434 g/mol. The van der Waals surface area contributed by atoms with Crippen molar-refractivity contribution in [3.8, 4) is 0 Å². The molecule has 1 aromatic heterocycles. The van der Waals surface area contributed by atoms with Crippen LogP contribution in [0.3, 0.4) is 0 Å². The van der Waals surface area contributed by atoms with Gasteiger partial charge in [-0.15, -0.1) is 0 Å². The molecule has 1 aliphatic heterocycles. The van der Waals surface area contributed by atoms with Crippen LogP contribution in [-0.4, -0.2) is 36.3 Å². The van der Waals surface area contributed by atoms with Crippen molar-refractivity contribution in [2.24, 2.45) is 0 Å². The maximum atomic E-state index is 13.1. The van der Waals surface area contributed by atoms with E-state index in [1.165, 1.54) is 5.56 Å². The molecule has 0 radical (unpaired) electrons. The van der Waals surface area contributed by atoms with Crippen molar-refractivity contribution in [3.63, 3.8) is 0 Å². The normalized spacial score (nSPS) is 16.1. The Hall–Kier alpha value is -2.64. The number of carbonyl (C=O) groups excluding carboxylic acids is 1. The lowest BCUT2D eigenvalue weighted by molar-refractivity contribution is -0.124. The summed E-state index contributed by atoms with van der Waals surface area (Å²) in [6, 6.07) is 15.0. The summed E-state index contributed by atoms with van der Waals surface area (Å²) in [5.41, 5.74) is 3.21. The van der Waals surface area contributed by atoms with Gasteiger partial charge in [-0.1, -0.05) is 44.5 Å². The van der Waals surface area contributed by atoms with E-state index >= 15 is 0 Å². The molecule has 33 heavy (non-hydrogen) atoms. The Morgan fingerprint density at radius 1 is 0.970 bits per heavy atom. The number of rotatable bonds is 8. The van der Waals surface area contributed by atoms with Gasteiger partial charge in [0.2, 0.25) is 15.9 Å². The van der Waals surface area contributed by atoms with Crippen molar-refractivity contribution in [2.45, 2.75) is 63.4 Å². The van der Waals surface area contributed by atoms with Crippen LogP contribution in [-0.2, 0) is 27.8 Å². The fourth-order valence-electron chi connectivity index (χ4n) is 4.54. The lowest BCUT2D eigenvalue weighted by atomic mass is 10.1. The molecule has 4 rings (SSSR count). The van der Waals surface area contributed by atoms with Gasteiger partial charge < -0.3 is 9.88 Å². The number of nitrogens with one attached hydrogen (secondary N) is 1. The fraction of sp³-hybridized carbons (Fsp3) is 0.423. The van der Waals surface area contributed by atoms with Crippen LogP contribution in [0.1, 0.15) is 56.7 Å². The van der Waals surface area contributed by atoms with Crippen LogP contribution in [0.15, 0.2) is 59.6 Å². The number of hydrogen-bond donors (Lipinski definition) is 1. The fourth-order valence-corrected chi connectivity index (χ4v) is 6.09. The quantitative estimate of drug-likeness (QED) is 0.524. The molecule has 1 fully saturated rings. The monoisotopic (exact) mass is 467 g/mol. The van der Waals surface area contributed by atoms with Gasteiger partial charge in [0.25, 0.3) is 0 Å². The largest absolute Gasteiger partial charge is 0.350 e. The average Bonchev–Trinajstić information content (AvgIpc) is 3.27. The molecule has 1 atom stereocenters. The Kier molecular flexibility index (Phi) is 7.20. The van der Waals surface area contributed by atoms with Crippen LogP contribution >= 0.6 is 0 Å². The van der Waals surface area contributed by atoms with Gasteiger partial charge in [-0.3, -0.25) is 4.79 Å². The first-order valence-corrected chi connectivity index (χ1v) is 13.3. The number of benzene rings is 2. The van der Waals surface area contributed by atoms with E-state index in [4.69, 9.17) is 0 Å². The highest BCUT2D eigenvalue weighted by atomic mass is 32.2. The number of sulfonamides is 1. The zero-order valence-corrected chi connectivity index (χ0v) is 20.3. The Balaban J connectivity index is 1.52. The maximum absolute atomic E-state index is 13.1. The number of amides is 1. The van der Waals surface area contributed by atoms with E-state index in [0.717, 1.165) is 42.1 Å². The maximum Gasteiger partial charge on any atom is 0.243 e. The Morgan fingerprint density at radius 2 is 1.67 bits per heavy atom. The lowest BCUT2D eigenvalue weighted by Crippen LogP contribution is -2.35. The highest BCUT2D eigenvalue weighted by molar-refractivity contribution is 7.89. The molecule has 2 aromatic carbocycles. The van der Waals surface area contributed by atoms with E-state index in [0.29, 0.717) is 31.0 Å². The van der Waals surface area contributed by atoms with E-state index in [2.05, 4.69) is 36.5 Å².